The summed E-state index contributed by atoms with van der Waals surface area (Å²) in [5.74, 6) is 0. The van der Waals surface area contributed by atoms with Crippen LogP contribution in [0.15, 0.2) is 9.98 Å². The van der Waals surface area contributed by atoms with E-state index < -0.39 is 0 Å². The molecule has 0 saturated carbocycles. The number of nitrogens with one attached hydrogen (secondary N) is 4. The Morgan fingerprint density at radius 2 is 1.59 bits per heavy atom. The topological polar surface area (TPSA) is 155 Å². The molecule has 0 aromatic rings. The van der Waals surface area contributed by atoms with Crippen LogP contribution < -0.4 is 10.6 Å². The SMILES string of the molecule is CCN=C(NCC)SC(=N)OO.CN=C(NC)SC(=N)OO. The summed E-state index contributed by atoms with van der Waals surface area (Å²) in [6, 6.07) is 0. The zero-order valence-corrected chi connectivity index (χ0v) is 14.5. The van der Waals surface area contributed by atoms with E-state index in [1.165, 1.54) is 0 Å². The number of aliphatic imine (C=N–C) groups is 2. The maximum atomic E-state index is 8.09. The van der Waals surface area contributed by atoms with Crippen LogP contribution in [0.1, 0.15) is 13.8 Å². The average molecular weight is 354 g/mol. The van der Waals surface area contributed by atoms with Gasteiger partial charge in [-0.2, -0.15) is 0 Å². The second kappa shape index (κ2) is 15.9. The molecule has 0 aromatic carbocycles. The number of hydrogen-bond acceptors (Lipinski definition) is 10. The van der Waals surface area contributed by atoms with E-state index >= 15 is 0 Å². The van der Waals surface area contributed by atoms with Gasteiger partial charge in [-0.15, -0.1) is 0 Å². The lowest BCUT2D eigenvalue weighted by atomic mass is 10.7. The molecule has 0 radical (unpaired) electrons. The number of rotatable bonds is 2. The van der Waals surface area contributed by atoms with Crippen molar-refractivity contribution in [2.24, 2.45) is 9.98 Å². The molecule has 22 heavy (non-hydrogen) atoms. The predicted molar refractivity (Wildman–Crippen MR) is 92.1 cm³/mol. The molecule has 0 amide bonds. The van der Waals surface area contributed by atoms with E-state index in [-0.39, 0.29) is 10.5 Å². The fraction of sp³-hybridized carbons (Fsp3) is 0.600. The van der Waals surface area contributed by atoms with Crippen molar-refractivity contribution in [1.29, 1.82) is 10.8 Å². The van der Waals surface area contributed by atoms with Gasteiger partial charge in [0.1, 0.15) is 0 Å². The number of nitrogens with zero attached hydrogens (tertiary/aromatic N) is 2. The summed E-state index contributed by atoms with van der Waals surface area (Å²) in [5, 5.41) is 36.0. The third-order valence-electron chi connectivity index (χ3n) is 1.59. The molecule has 10 nitrogen and oxygen atoms in total. The Bertz CT molecular complexity index is 392. The second-order valence-corrected chi connectivity index (χ2v) is 4.97. The molecule has 12 heteroatoms. The van der Waals surface area contributed by atoms with Gasteiger partial charge in [0.25, 0.3) is 10.5 Å². The first-order valence-electron chi connectivity index (χ1n) is 6.07. The number of amidine groups is 2. The number of thioether (sulfide) groups is 2. The normalized spacial score (nSPS) is 11.0. The lowest BCUT2D eigenvalue weighted by Crippen LogP contribution is -2.21. The van der Waals surface area contributed by atoms with Gasteiger partial charge in [0, 0.05) is 50.7 Å². The van der Waals surface area contributed by atoms with Crippen LogP contribution in [0.4, 0.5) is 0 Å². The quantitative estimate of drug-likeness (QED) is 0.188. The van der Waals surface area contributed by atoms with Crippen molar-refractivity contribution < 1.29 is 20.3 Å². The first kappa shape index (κ1) is 22.8. The molecule has 0 aromatic heterocycles. The average Bonchev–Trinajstić information content (AvgIpc) is 2.53. The van der Waals surface area contributed by atoms with E-state index in [4.69, 9.17) is 21.3 Å². The molecule has 128 valence electrons. The van der Waals surface area contributed by atoms with E-state index in [1.807, 2.05) is 13.8 Å². The molecule has 0 saturated heterocycles. The Morgan fingerprint density at radius 1 is 1.09 bits per heavy atom. The summed E-state index contributed by atoms with van der Waals surface area (Å²) >= 11 is 1.84. The van der Waals surface area contributed by atoms with Gasteiger partial charge < -0.3 is 20.4 Å². The highest BCUT2D eigenvalue weighted by Gasteiger charge is 2.04. The van der Waals surface area contributed by atoms with E-state index in [9.17, 15) is 0 Å². The van der Waals surface area contributed by atoms with Crippen molar-refractivity contribution in [1.82, 2.24) is 10.6 Å². The maximum Gasteiger partial charge on any atom is 0.291 e. The molecule has 0 rings (SSSR count). The van der Waals surface area contributed by atoms with E-state index in [2.05, 4.69) is 30.4 Å². The minimum Gasteiger partial charge on any atom is -0.368 e. The molecule has 6 N–H and O–H groups in total. The predicted octanol–water partition coefficient (Wildman–Crippen LogP) is 1.48. The van der Waals surface area contributed by atoms with E-state index in [0.29, 0.717) is 16.9 Å². The molecular weight excluding hydrogens is 332 g/mol. The first-order valence-corrected chi connectivity index (χ1v) is 7.70. The lowest BCUT2D eigenvalue weighted by Gasteiger charge is -2.04. The fourth-order valence-corrected chi connectivity index (χ4v) is 1.87. The molecule has 0 atom stereocenters. The standard InChI is InChI=1S/C6H13N3O2S.C4H9N3O2S/c1-3-8-6(9-4-2)12-5(7)11-10;1-6-4(7-2)10-3(5)9-8/h7,10H,3-4H2,1-2H3,(H,8,9);5,8H,1-2H3,(H,6,7). The van der Waals surface area contributed by atoms with Gasteiger partial charge >= 0.3 is 0 Å². The van der Waals surface area contributed by atoms with Crippen LogP contribution in [0.2, 0.25) is 0 Å². The highest BCUT2D eigenvalue weighted by Crippen LogP contribution is 2.04. The van der Waals surface area contributed by atoms with Gasteiger partial charge in [0.15, 0.2) is 10.3 Å². The zero-order valence-electron chi connectivity index (χ0n) is 12.8. The zero-order chi connectivity index (χ0) is 17.4. The molecule has 0 heterocycles. The van der Waals surface area contributed by atoms with Gasteiger partial charge in [0.2, 0.25) is 0 Å². The van der Waals surface area contributed by atoms with Crippen molar-refractivity contribution in [2.75, 3.05) is 27.2 Å². The van der Waals surface area contributed by atoms with Crippen LogP contribution in [0.25, 0.3) is 0 Å². The van der Waals surface area contributed by atoms with Crippen molar-refractivity contribution >= 4 is 44.3 Å². The van der Waals surface area contributed by atoms with Crippen molar-refractivity contribution in [2.45, 2.75) is 13.8 Å². The first-order chi connectivity index (χ1) is 10.5. The largest absolute Gasteiger partial charge is 0.368 e. The molecule has 0 spiro atoms. The molecule has 0 fully saturated rings. The van der Waals surface area contributed by atoms with Crippen molar-refractivity contribution in [3.05, 3.63) is 0 Å². The summed E-state index contributed by atoms with van der Waals surface area (Å²) < 4.78 is 0. The van der Waals surface area contributed by atoms with Gasteiger partial charge in [-0.3, -0.25) is 20.8 Å². The molecule has 0 bridgehead atoms. The smallest absolute Gasteiger partial charge is 0.291 e. The summed E-state index contributed by atoms with van der Waals surface area (Å²) in [5.41, 5.74) is 0. The Morgan fingerprint density at radius 3 is 1.91 bits per heavy atom. The Hall–Kier alpha value is -1.50. The molecule has 0 aliphatic heterocycles. The monoisotopic (exact) mass is 354 g/mol. The summed E-state index contributed by atoms with van der Waals surface area (Å²) in [6.07, 6.45) is 0. The fourth-order valence-electron chi connectivity index (χ4n) is 0.840. The van der Waals surface area contributed by atoms with Crippen LogP contribution in [0, 0.1) is 10.8 Å². The van der Waals surface area contributed by atoms with Crippen molar-refractivity contribution in [3.8, 4) is 0 Å². The minimum atomic E-state index is -0.310. The highest BCUT2D eigenvalue weighted by atomic mass is 32.2. The number of hydrogen-bond donors (Lipinski definition) is 6. The van der Waals surface area contributed by atoms with E-state index in [1.54, 1.807) is 14.1 Å². The maximum absolute atomic E-state index is 8.09. The third kappa shape index (κ3) is 13.5. The Labute approximate surface area is 137 Å². The van der Waals surface area contributed by atoms with Crippen LogP contribution >= 0.6 is 23.5 Å². The summed E-state index contributed by atoms with van der Waals surface area (Å²) in [4.78, 5) is 15.1. The van der Waals surface area contributed by atoms with Crippen LogP contribution in [0.5, 0.6) is 0 Å². The third-order valence-corrected chi connectivity index (χ3v) is 3.16. The van der Waals surface area contributed by atoms with Gasteiger partial charge in [-0.25, -0.2) is 10.5 Å². The molecule has 0 unspecified atom stereocenters. The molecule has 0 aliphatic rings. The van der Waals surface area contributed by atoms with Crippen LogP contribution in [0.3, 0.4) is 0 Å². The molecular formula is C10H22N6O4S2. The molecule has 0 aliphatic carbocycles. The lowest BCUT2D eigenvalue weighted by molar-refractivity contribution is -0.151. The Kier molecular flexibility index (Phi) is 16.4. The van der Waals surface area contributed by atoms with Gasteiger partial charge in [-0.05, 0) is 13.8 Å². The summed E-state index contributed by atoms with van der Waals surface area (Å²) in [6.45, 7) is 5.18. The van der Waals surface area contributed by atoms with Gasteiger partial charge in [0.05, 0.1) is 0 Å². The Balaban J connectivity index is 0. The second-order valence-electron chi connectivity index (χ2n) is 3.05. The van der Waals surface area contributed by atoms with Gasteiger partial charge in [-0.1, -0.05) is 0 Å². The minimum absolute atomic E-state index is 0.289. The highest BCUT2D eigenvalue weighted by molar-refractivity contribution is 8.26. The van der Waals surface area contributed by atoms with Crippen LogP contribution in [-0.4, -0.2) is 58.5 Å². The van der Waals surface area contributed by atoms with Crippen molar-refractivity contribution in [3.63, 3.8) is 0 Å². The summed E-state index contributed by atoms with van der Waals surface area (Å²) in [7, 11) is 3.24. The van der Waals surface area contributed by atoms with E-state index in [0.717, 1.165) is 30.1 Å². The van der Waals surface area contributed by atoms with Crippen LogP contribution in [-0.2, 0) is 9.78 Å².